The first-order chi connectivity index (χ1) is 11.2. The Hall–Kier alpha value is -2.25. The monoisotopic (exact) mass is 333 g/mol. The van der Waals surface area contributed by atoms with Crippen molar-refractivity contribution in [3.05, 3.63) is 41.6 Å². The fourth-order valence-electron chi connectivity index (χ4n) is 2.62. The lowest BCUT2D eigenvalue weighted by Gasteiger charge is -2.28. The standard InChI is InChI=1S/C15H13ClFN5O/c16-13-12(17)15(21-5-7-23-8-6-21)20-14(19-13)10-9-18-22-4-2-1-3-11(10)22/h1-4,9H,5-8H2. The summed E-state index contributed by atoms with van der Waals surface area (Å²) in [5.74, 6) is -0.0357. The van der Waals surface area contributed by atoms with Crippen LogP contribution in [0.3, 0.4) is 0 Å². The van der Waals surface area contributed by atoms with Crippen LogP contribution in [0.25, 0.3) is 16.9 Å². The minimum atomic E-state index is -0.603. The molecule has 0 radical (unpaired) electrons. The molecule has 0 spiro atoms. The van der Waals surface area contributed by atoms with E-state index in [4.69, 9.17) is 16.3 Å². The maximum absolute atomic E-state index is 14.4. The summed E-state index contributed by atoms with van der Waals surface area (Å²) in [6.45, 7) is 2.21. The molecule has 0 aliphatic carbocycles. The Morgan fingerprint density at radius 3 is 2.83 bits per heavy atom. The van der Waals surface area contributed by atoms with Crippen LogP contribution in [0.1, 0.15) is 0 Å². The normalized spacial score (nSPS) is 15.3. The second-order valence-corrected chi connectivity index (χ2v) is 5.52. The van der Waals surface area contributed by atoms with Crippen LogP contribution in [-0.2, 0) is 4.74 Å². The summed E-state index contributed by atoms with van der Waals surface area (Å²) < 4.78 is 21.4. The van der Waals surface area contributed by atoms with Gasteiger partial charge in [-0.25, -0.2) is 14.5 Å². The van der Waals surface area contributed by atoms with E-state index in [0.717, 1.165) is 5.52 Å². The molecule has 0 N–H and O–H groups in total. The second-order valence-electron chi connectivity index (χ2n) is 5.16. The van der Waals surface area contributed by atoms with Crippen LogP contribution in [0.5, 0.6) is 0 Å². The van der Waals surface area contributed by atoms with Gasteiger partial charge in [0.2, 0.25) is 5.82 Å². The zero-order valence-electron chi connectivity index (χ0n) is 12.1. The maximum Gasteiger partial charge on any atom is 0.202 e. The van der Waals surface area contributed by atoms with Crippen LogP contribution in [0.2, 0.25) is 5.15 Å². The molecule has 6 nitrogen and oxygen atoms in total. The van der Waals surface area contributed by atoms with E-state index in [1.54, 1.807) is 10.7 Å². The number of pyridine rings is 1. The fourth-order valence-corrected chi connectivity index (χ4v) is 2.79. The van der Waals surface area contributed by atoms with Crippen LogP contribution in [0.4, 0.5) is 10.2 Å². The number of ether oxygens (including phenoxy) is 1. The molecule has 0 saturated carbocycles. The quantitative estimate of drug-likeness (QED) is 0.674. The van der Waals surface area contributed by atoms with Crippen molar-refractivity contribution in [3.8, 4) is 11.4 Å². The molecule has 0 atom stereocenters. The highest BCUT2D eigenvalue weighted by atomic mass is 35.5. The minimum Gasteiger partial charge on any atom is -0.378 e. The van der Waals surface area contributed by atoms with Gasteiger partial charge in [-0.15, -0.1) is 0 Å². The number of morpholine rings is 1. The summed E-state index contributed by atoms with van der Waals surface area (Å²) in [5.41, 5.74) is 1.55. The van der Waals surface area contributed by atoms with Gasteiger partial charge in [-0.1, -0.05) is 17.7 Å². The van der Waals surface area contributed by atoms with E-state index in [9.17, 15) is 4.39 Å². The van der Waals surface area contributed by atoms with E-state index >= 15 is 0 Å². The maximum atomic E-state index is 14.4. The van der Waals surface area contributed by atoms with Crippen LogP contribution in [0.15, 0.2) is 30.6 Å². The number of hydrogen-bond donors (Lipinski definition) is 0. The molecule has 3 aromatic heterocycles. The zero-order valence-corrected chi connectivity index (χ0v) is 12.9. The Labute approximate surface area is 136 Å². The van der Waals surface area contributed by atoms with Crippen molar-refractivity contribution in [2.75, 3.05) is 31.2 Å². The predicted octanol–water partition coefficient (Wildman–Crippen LogP) is 2.42. The third-order valence-corrected chi connectivity index (χ3v) is 4.02. The molecule has 1 fully saturated rings. The van der Waals surface area contributed by atoms with Crippen molar-refractivity contribution >= 4 is 22.9 Å². The molecule has 0 unspecified atom stereocenters. The van der Waals surface area contributed by atoms with Gasteiger partial charge in [0.05, 0.1) is 30.5 Å². The van der Waals surface area contributed by atoms with Crippen molar-refractivity contribution in [3.63, 3.8) is 0 Å². The molecular weight excluding hydrogens is 321 g/mol. The molecule has 23 heavy (non-hydrogen) atoms. The molecule has 4 heterocycles. The van der Waals surface area contributed by atoms with E-state index in [2.05, 4.69) is 15.1 Å². The van der Waals surface area contributed by atoms with Gasteiger partial charge in [0.25, 0.3) is 0 Å². The van der Waals surface area contributed by atoms with Crippen LogP contribution < -0.4 is 4.90 Å². The smallest absolute Gasteiger partial charge is 0.202 e. The predicted molar refractivity (Wildman–Crippen MR) is 84.2 cm³/mol. The Morgan fingerprint density at radius 2 is 2.00 bits per heavy atom. The Bertz CT molecular complexity index is 862. The molecule has 118 valence electrons. The Morgan fingerprint density at radius 1 is 1.17 bits per heavy atom. The van der Waals surface area contributed by atoms with Gasteiger partial charge in [0.1, 0.15) is 0 Å². The number of anilines is 1. The van der Waals surface area contributed by atoms with E-state index < -0.39 is 5.82 Å². The summed E-state index contributed by atoms with van der Waals surface area (Å²) in [6, 6.07) is 5.67. The summed E-state index contributed by atoms with van der Waals surface area (Å²) in [7, 11) is 0. The first kappa shape index (κ1) is 14.3. The summed E-state index contributed by atoms with van der Waals surface area (Å²) in [5, 5.41) is 4.07. The molecular formula is C15H13ClFN5O. The molecule has 4 rings (SSSR count). The number of hydrogen-bond acceptors (Lipinski definition) is 5. The molecule has 1 saturated heterocycles. The lowest BCUT2D eigenvalue weighted by atomic mass is 10.2. The van der Waals surface area contributed by atoms with Gasteiger partial charge in [0, 0.05) is 19.3 Å². The van der Waals surface area contributed by atoms with Crippen LogP contribution in [0, 0.1) is 5.82 Å². The topological polar surface area (TPSA) is 55.5 Å². The summed E-state index contributed by atoms with van der Waals surface area (Å²) >= 11 is 6.00. The van der Waals surface area contributed by atoms with Crippen molar-refractivity contribution in [1.29, 1.82) is 0 Å². The molecule has 3 aromatic rings. The minimum absolute atomic E-state index is 0.188. The zero-order chi connectivity index (χ0) is 15.8. The number of nitrogens with zero attached hydrogens (tertiary/aromatic N) is 5. The second kappa shape index (κ2) is 5.75. The third-order valence-electron chi connectivity index (χ3n) is 3.77. The fraction of sp³-hybridized carbons (Fsp3) is 0.267. The van der Waals surface area contributed by atoms with Gasteiger partial charge in [-0.2, -0.15) is 9.49 Å². The number of rotatable bonds is 2. The van der Waals surface area contributed by atoms with Crippen molar-refractivity contribution in [2.45, 2.75) is 0 Å². The number of fused-ring (bicyclic) bond motifs is 1. The molecule has 0 aromatic carbocycles. The van der Waals surface area contributed by atoms with Crippen LogP contribution >= 0.6 is 11.6 Å². The molecule has 0 bridgehead atoms. The largest absolute Gasteiger partial charge is 0.378 e. The Balaban J connectivity index is 1.84. The highest BCUT2D eigenvalue weighted by Crippen LogP contribution is 2.29. The van der Waals surface area contributed by atoms with E-state index in [-0.39, 0.29) is 11.0 Å². The lowest BCUT2D eigenvalue weighted by Crippen LogP contribution is -2.37. The number of aromatic nitrogens is 4. The van der Waals surface area contributed by atoms with E-state index in [0.29, 0.717) is 37.7 Å². The highest BCUT2D eigenvalue weighted by molar-refractivity contribution is 6.29. The van der Waals surface area contributed by atoms with E-state index in [1.807, 2.05) is 29.3 Å². The average Bonchev–Trinajstić information content (AvgIpc) is 3.02. The first-order valence-electron chi connectivity index (χ1n) is 7.22. The van der Waals surface area contributed by atoms with Gasteiger partial charge < -0.3 is 9.64 Å². The SMILES string of the molecule is Fc1c(Cl)nc(-c2cnn3ccccc23)nc1N1CCOCC1. The molecule has 1 aliphatic rings. The third kappa shape index (κ3) is 2.51. The van der Waals surface area contributed by atoms with Gasteiger partial charge in [-0.3, -0.25) is 0 Å². The Kier molecular flexibility index (Phi) is 3.59. The van der Waals surface area contributed by atoms with Gasteiger partial charge in [-0.05, 0) is 12.1 Å². The van der Waals surface area contributed by atoms with Crippen molar-refractivity contribution in [1.82, 2.24) is 19.6 Å². The molecule has 8 heteroatoms. The lowest BCUT2D eigenvalue weighted by molar-refractivity contribution is 0.122. The first-order valence-corrected chi connectivity index (χ1v) is 7.60. The average molecular weight is 334 g/mol. The highest BCUT2D eigenvalue weighted by Gasteiger charge is 2.22. The van der Waals surface area contributed by atoms with Gasteiger partial charge in [0.15, 0.2) is 16.8 Å². The summed E-state index contributed by atoms with van der Waals surface area (Å²) in [6.07, 6.45) is 3.48. The molecule has 0 amide bonds. The van der Waals surface area contributed by atoms with Crippen molar-refractivity contribution < 1.29 is 9.13 Å². The van der Waals surface area contributed by atoms with E-state index in [1.165, 1.54) is 0 Å². The molecule has 1 aliphatic heterocycles. The summed E-state index contributed by atoms with van der Waals surface area (Å²) in [4.78, 5) is 10.3. The van der Waals surface area contributed by atoms with Gasteiger partial charge >= 0.3 is 0 Å². The van der Waals surface area contributed by atoms with Crippen molar-refractivity contribution in [2.24, 2.45) is 0 Å². The van der Waals surface area contributed by atoms with Crippen LogP contribution in [-0.4, -0.2) is 45.9 Å². The number of halogens is 2.